The van der Waals surface area contributed by atoms with Crippen molar-refractivity contribution in [2.24, 2.45) is 0 Å². The molecule has 2 aromatic carbocycles. The standard InChI is InChI=1S/C14H12O/c1-15-11-7-8-12-13(9-11)14(12)10-5-3-2-4-6-10/h2-9,14H,1H3. The number of benzene rings is 2. The second kappa shape index (κ2) is 3.13. The fraction of sp³-hybridized carbons (Fsp3) is 0.143. The van der Waals surface area contributed by atoms with Gasteiger partial charge >= 0.3 is 0 Å². The zero-order valence-corrected chi connectivity index (χ0v) is 8.60. The topological polar surface area (TPSA) is 9.23 Å². The van der Waals surface area contributed by atoms with E-state index in [1.165, 1.54) is 16.7 Å². The molecule has 0 saturated carbocycles. The summed E-state index contributed by atoms with van der Waals surface area (Å²) in [6, 6.07) is 16.9. The first-order valence-corrected chi connectivity index (χ1v) is 5.13. The van der Waals surface area contributed by atoms with Crippen LogP contribution >= 0.6 is 0 Å². The highest BCUT2D eigenvalue weighted by molar-refractivity contribution is 5.62. The van der Waals surface area contributed by atoms with Gasteiger partial charge in [0.15, 0.2) is 0 Å². The number of ether oxygens (including phenoxy) is 1. The van der Waals surface area contributed by atoms with Gasteiger partial charge in [-0.25, -0.2) is 0 Å². The Balaban J connectivity index is 1.96. The molecule has 0 saturated heterocycles. The summed E-state index contributed by atoms with van der Waals surface area (Å²) in [5.41, 5.74) is 4.21. The maximum absolute atomic E-state index is 5.21. The highest BCUT2D eigenvalue weighted by Crippen LogP contribution is 2.49. The van der Waals surface area contributed by atoms with Crippen LogP contribution in [0.2, 0.25) is 0 Å². The Morgan fingerprint density at radius 3 is 2.47 bits per heavy atom. The van der Waals surface area contributed by atoms with Gasteiger partial charge in [0, 0.05) is 5.92 Å². The van der Waals surface area contributed by atoms with Crippen molar-refractivity contribution < 1.29 is 4.74 Å². The predicted octanol–water partition coefficient (Wildman–Crippen LogP) is 3.19. The molecule has 0 heterocycles. The molecule has 3 rings (SSSR count). The Kier molecular flexibility index (Phi) is 1.78. The molecule has 74 valence electrons. The summed E-state index contributed by atoms with van der Waals surface area (Å²) in [5, 5.41) is 0. The van der Waals surface area contributed by atoms with Gasteiger partial charge in [0.2, 0.25) is 0 Å². The molecule has 0 aliphatic heterocycles. The van der Waals surface area contributed by atoms with Crippen molar-refractivity contribution in [2.75, 3.05) is 7.11 Å². The first-order chi connectivity index (χ1) is 7.40. The Labute approximate surface area is 89.3 Å². The van der Waals surface area contributed by atoms with Crippen molar-refractivity contribution in [3.8, 4) is 5.75 Å². The van der Waals surface area contributed by atoms with Gasteiger partial charge < -0.3 is 4.74 Å². The van der Waals surface area contributed by atoms with E-state index in [-0.39, 0.29) is 0 Å². The largest absolute Gasteiger partial charge is 0.497 e. The highest BCUT2D eigenvalue weighted by Gasteiger charge is 2.33. The minimum absolute atomic E-state index is 0.509. The van der Waals surface area contributed by atoms with Crippen LogP contribution in [-0.2, 0) is 0 Å². The van der Waals surface area contributed by atoms with Gasteiger partial charge in [-0.05, 0) is 28.8 Å². The SMILES string of the molecule is COc1ccc2c(c1)C2c1ccccc1. The Bertz CT molecular complexity index is 488. The van der Waals surface area contributed by atoms with Crippen LogP contribution in [0, 0.1) is 0 Å². The van der Waals surface area contributed by atoms with Gasteiger partial charge in [0.05, 0.1) is 7.11 Å². The van der Waals surface area contributed by atoms with Gasteiger partial charge in [0.25, 0.3) is 0 Å². The van der Waals surface area contributed by atoms with E-state index in [9.17, 15) is 0 Å². The Morgan fingerprint density at radius 2 is 1.73 bits per heavy atom. The zero-order valence-electron chi connectivity index (χ0n) is 8.60. The second-order valence-electron chi connectivity index (χ2n) is 3.84. The average molecular weight is 196 g/mol. The molecule has 1 unspecified atom stereocenters. The zero-order chi connectivity index (χ0) is 10.3. The van der Waals surface area contributed by atoms with Crippen LogP contribution in [-0.4, -0.2) is 7.11 Å². The fourth-order valence-electron chi connectivity index (χ4n) is 2.12. The monoisotopic (exact) mass is 196 g/mol. The molecule has 15 heavy (non-hydrogen) atoms. The van der Waals surface area contributed by atoms with Gasteiger partial charge in [-0.2, -0.15) is 0 Å². The summed E-state index contributed by atoms with van der Waals surface area (Å²) in [7, 11) is 1.71. The molecule has 0 bridgehead atoms. The normalized spacial score (nSPS) is 17.0. The van der Waals surface area contributed by atoms with E-state index in [1.807, 2.05) is 6.07 Å². The summed E-state index contributed by atoms with van der Waals surface area (Å²) in [4.78, 5) is 0. The molecule has 0 radical (unpaired) electrons. The van der Waals surface area contributed by atoms with Gasteiger partial charge in [-0.15, -0.1) is 0 Å². The van der Waals surface area contributed by atoms with Gasteiger partial charge in [-0.1, -0.05) is 36.4 Å². The molecule has 2 aromatic rings. The van der Waals surface area contributed by atoms with Crippen LogP contribution in [0.3, 0.4) is 0 Å². The molecule has 1 aliphatic carbocycles. The minimum atomic E-state index is 0.509. The Hall–Kier alpha value is -1.76. The fourth-order valence-corrected chi connectivity index (χ4v) is 2.12. The van der Waals surface area contributed by atoms with Crippen molar-refractivity contribution in [3.63, 3.8) is 0 Å². The summed E-state index contributed by atoms with van der Waals surface area (Å²) in [5.74, 6) is 1.46. The second-order valence-corrected chi connectivity index (χ2v) is 3.84. The smallest absolute Gasteiger partial charge is 0.119 e. The molecule has 0 spiro atoms. The van der Waals surface area contributed by atoms with Crippen molar-refractivity contribution in [1.29, 1.82) is 0 Å². The third-order valence-electron chi connectivity index (χ3n) is 2.97. The number of rotatable bonds is 2. The van der Waals surface area contributed by atoms with Gasteiger partial charge in [0.1, 0.15) is 5.75 Å². The maximum Gasteiger partial charge on any atom is 0.119 e. The molecule has 0 aromatic heterocycles. The van der Waals surface area contributed by atoms with Crippen molar-refractivity contribution >= 4 is 0 Å². The van der Waals surface area contributed by atoms with E-state index in [4.69, 9.17) is 4.74 Å². The van der Waals surface area contributed by atoms with Crippen LogP contribution in [0.4, 0.5) is 0 Å². The number of methoxy groups -OCH3 is 1. The van der Waals surface area contributed by atoms with Crippen LogP contribution in [0.15, 0.2) is 48.5 Å². The first kappa shape index (κ1) is 8.54. The molecule has 1 aliphatic rings. The number of fused-ring (bicyclic) bond motifs is 1. The van der Waals surface area contributed by atoms with Crippen molar-refractivity contribution in [3.05, 3.63) is 65.2 Å². The van der Waals surface area contributed by atoms with Crippen molar-refractivity contribution in [2.45, 2.75) is 5.92 Å². The van der Waals surface area contributed by atoms with Crippen LogP contribution in [0.1, 0.15) is 22.6 Å². The van der Waals surface area contributed by atoms with E-state index in [0.717, 1.165) is 5.75 Å². The molecule has 0 N–H and O–H groups in total. The first-order valence-electron chi connectivity index (χ1n) is 5.13. The molecule has 0 amide bonds. The molecule has 1 heteroatoms. The highest BCUT2D eigenvalue weighted by atomic mass is 16.5. The van der Waals surface area contributed by atoms with Gasteiger partial charge in [-0.3, -0.25) is 0 Å². The van der Waals surface area contributed by atoms with Crippen LogP contribution in [0.5, 0.6) is 5.75 Å². The van der Waals surface area contributed by atoms with E-state index in [1.54, 1.807) is 7.11 Å². The lowest BCUT2D eigenvalue weighted by Gasteiger charge is -1.95. The van der Waals surface area contributed by atoms with Crippen molar-refractivity contribution in [1.82, 2.24) is 0 Å². The van der Waals surface area contributed by atoms with E-state index in [2.05, 4.69) is 42.5 Å². The summed E-state index contributed by atoms with van der Waals surface area (Å²) in [6.07, 6.45) is 0. The lowest BCUT2D eigenvalue weighted by molar-refractivity contribution is 0.415. The quantitative estimate of drug-likeness (QED) is 0.611. The van der Waals surface area contributed by atoms with E-state index < -0.39 is 0 Å². The average Bonchev–Trinajstić information content (AvgIpc) is 3.03. The third-order valence-corrected chi connectivity index (χ3v) is 2.97. The summed E-state index contributed by atoms with van der Waals surface area (Å²) < 4.78 is 5.21. The molecule has 1 nitrogen and oxygen atoms in total. The van der Waals surface area contributed by atoms with E-state index >= 15 is 0 Å². The Morgan fingerprint density at radius 1 is 0.933 bits per heavy atom. The van der Waals surface area contributed by atoms with Crippen LogP contribution < -0.4 is 4.74 Å². The number of hydrogen-bond donors (Lipinski definition) is 0. The lowest BCUT2D eigenvalue weighted by atomic mass is 10.1. The minimum Gasteiger partial charge on any atom is -0.497 e. The maximum atomic E-state index is 5.21. The number of hydrogen-bond acceptors (Lipinski definition) is 1. The molecule has 0 fully saturated rings. The lowest BCUT2D eigenvalue weighted by Crippen LogP contribution is -1.79. The van der Waals surface area contributed by atoms with Crippen LogP contribution in [0.25, 0.3) is 0 Å². The predicted molar refractivity (Wildman–Crippen MR) is 60.4 cm³/mol. The third kappa shape index (κ3) is 1.32. The molecular weight excluding hydrogens is 184 g/mol. The molecule has 1 atom stereocenters. The summed E-state index contributed by atoms with van der Waals surface area (Å²) >= 11 is 0. The van der Waals surface area contributed by atoms with E-state index in [0.29, 0.717) is 5.92 Å². The summed E-state index contributed by atoms with van der Waals surface area (Å²) in [6.45, 7) is 0. The molecular formula is C14H12O.